The molecule has 0 aromatic carbocycles. The zero-order valence-electron chi connectivity index (χ0n) is 11.0. The minimum absolute atomic E-state index is 0.758. The first kappa shape index (κ1) is 14.0. The molecule has 14 heavy (non-hydrogen) atoms. The van der Waals surface area contributed by atoms with Gasteiger partial charge in [0.05, 0.1) is 0 Å². The van der Waals surface area contributed by atoms with Crippen LogP contribution in [0.3, 0.4) is 0 Å². The van der Waals surface area contributed by atoms with Crippen molar-refractivity contribution in [3.8, 4) is 0 Å². The van der Waals surface area contributed by atoms with Crippen LogP contribution in [0.2, 0.25) is 0 Å². The van der Waals surface area contributed by atoms with Crippen LogP contribution in [0.4, 0.5) is 0 Å². The van der Waals surface area contributed by atoms with Crippen molar-refractivity contribution in [2.24, 2.45) is 11.3 Å². The third-order valence-electron chi connectivity index (χ3n) is 3.26. The van der Waals surface area contributed by atoms with Crippen molar-refractivity contribution < 1.29 is 0 Å². The Bertz CT molecular complexity index is 118. The van der Waals surface area contributed by atoms with Gasteiger partial charge in [-0.25, -0.2) is 0 Å². The van der Waals surface area contributed by atoms with Gasteiger partial charge in [-0.1, -0.05) is 60.3 Å². The Labute approximate surface area is 91.5 Å². The molecular formula is C14H30. The first-order chi connectivity index (χ1) is 6.60. The molecule has 0 nitrogen and oxygen atoms in total. The summed E-state index contributed by atoms with van der Waals surface area (Å²) in [6.45, 7) is 11.3. The highest BCUT2D eigenvalue weighted by Gasteiger charge is 2.31. The van der Waals surface area contributed by atoms with Gasteiger partial charge >= 0.3 is 0 Å². The third-order valence-corrected chi connectivity index (χ3v) is 3.26. The fourth-order valence-corrected chi connectivity index (χ4v) is 2.69. The zero-order chi connectivity index (χ0) is 11.0. The van der Waals surface area contributed by atoms with Crippen LogP contribution >= 0.6 is 0 Å². The maximum absolute atomic E-state index is 2.37. The lowest BCUT2D eigenvalue weighted by molar-refractivity contribution is 0.225. The van der Waals surface area contributed by atoms with E-state index in [1.165, 1.54) is 44.9 Å². The van der Waals surface area contributed by atoms with E-state index in [9.17, 15) is 0 Å². The van der Waals surface area contributed by atoms with E-state index in [-0.39, 0.29) is 0 Å². The fourth-order valence-electron chi connectivity index (χ4n) is 2.69. The van der Waals surface area contributed by atoms with Gasteiger partial charge in [0.2, 0.25) is 0 Å². The molecule has 1 saturated carbocycles. The molecule has 0 bridgehead atoms. The molecule has 0 spiro atoms. The lowest BCUT2D eigenvalue weighted by Crippen LogP contribution is -2.17. The number of hydrogen-bond acceptors (Lipinski definition) is 0. The van der Waals surface area contributed by atoms with E-state index in [1.807, 2.05) is 0 Å². The normalized spacial score (nSPS) is 19.3. The minimum atomic E-state index is 0.758. The van der Waals surface area contributed by atoms with Crippen LogP contribution in [0.5, 0.6) is 0 Å². The molecule has 0 amide bonds. The SMILES string of the molecule is CCC.CCC1(CC(C)C)CCCC1. The summed E-state index contributed by atoms with van der Waals surface area (Å²) in [7, 11) is 0. The van der Waals surface area contributed by atoms with Crippen molar-refractivity contribution >= 4 is 0 Å². The van der Waals surface area contributed by atoms with Gasteiger partial charge in [-0.2, -0.15) is 0 Å². The highest BCUT2D eigenvalue weighted by Crippen LogP contribution is 2.45. The Morgan fingerprint density at radius 2 is 1.43 bits per heavy atom. The fraction of sp³-hybridized carbons (Fsp3) is 1.00. The van der Waals surface area contributed by atoms with E-state index < -0.39 is 0 Å². The second-order valence-corrected chi connectivity index (χ2v) is 5.37. The first-order valence-corrected chi connectivity index (χ1v) is 6.60. The van der Waals surface area contributed by atoms with Crippen LogP contribution in [0.1, 0.15) is 79.6 Å². The molecule has 0 heterocycles. The van der Waals surface area contributed by atoms with E-state index in [0.29, 0.717) is 0 Å². The van der Waals surface area contributed by atoms with Crippen LogP contribution in [-0.4, -0.2) is 0 Å². The van der Waals surface area contributed by atoms with E-state index in [4.69, 9.17) is 0 Å². The average molecular weight is 198 g/mol. The average Bonchev–Trinajstić information content (AvgIpc) is 2.54. The maximum atomic E-state index is 2.37. The topological polar surface area (TPSA) is 0 Å². The smallest absolute Gasteiger partial charge is 0.0298 e. The molecule has 0 unspecified atom stereocenters. The van der Waals surface area contributed by atoms with Gasteiger partial charge in [-0.3, -0.25) is 0 Å². The van der Waals surface area contributed by atoms with Crippen LogP contribution < -0.4 is 0 Å². The summed E-state index contributed by atoms with van der Waals surface area (Å²) < 4.78 is 0. The predicted molar refractivity (Wildman–Crippen MR) is 66.6 cm³/mol. The van der Waals surface area contributed by atoms with E-state index in [1.54, 1.807) is 0 Å². The minimum Gasteiger partial charge on any atom is -0.0656 e. The van der Waals surface area contributed by atoms with E-state index >= 15 is 0 Å². The van der Waals surface area contributed by atoms with Crippen molar-refractivity contribution in [3.05, 3.63) is 0 Å². The van der Waals surface area contributed by atoms with Crippen molar-refractivity contribution in [1.29, 1.82) is 0 Å². The van der Waals surface area contributed by atoms with Crippen LogP contribution in [0.15, 0.2) is 0 Å². The van der Waals surface area contributed by atoms with Crippen molar-refractivity contribution in [2.45, 2.75) is 79.6 Å². The molecule has 0 atom stereocenters. The van der Waals surface area contributed by atoms with Crippen molar-refractivity contribution in [2.75, 3.05) is 0 Å². The predicted octanol–water partition coefficient (Wildman–Crippen LogP) is 5.42. The summed E-state index contributed by atoms with van der Waals surface area (Å²) in [4.78, 5) is 0. The number of rotatable bonds is 3. The lowest BCUT2D eigenvalue weighted by Gasteiger charge is -2.29. The summed E-state index contributed by atoms with van der Waals surface area (Å²) in [6, 6.07) is 0. The lowest BCUT2D eigenvalue weighted by atomic mass is 9.76. The van der Waals surface area contributed by atoms with Gasteiger partial charge in [0.25, 0.3) is 0 Å². The molecule has 0 saturated heterocycles. The van der Waals surface area contributed by atoms with Crippen molar-refractivity contribution in [1.82, 2.24) is 0 Å². The second-order valence-electron chi connectivity index (χ2n) is 5.37. The molecule has 0 radical (unpaired) electrons. The summed E-state index contributed by atoms with van der Waals surface area (Å²) in [5.74, 6) is 0.896. The van der Waals surface area contributed by atoms with Crippen molar-refractivity contribution in [3.63, 3.8) is 0 Å². The largest absolute Gasteiger partial charge is 0.0656 e. The molecule has 1 rings (SSSR count). The second kappa shape index (κ2) is 7.31. The summed E-state index contributed by atoms with van der Waals surface area (Å²) >= 11 is 0. The van der Waals surface area contributed by atoms with Crippen LogP contribution in [0, 0.1) is 11.3 Å². The van der Waals surface area contributed by atoms with Gasteiger partial charge in [-0.15, -0.1) is 0 Å². The first-order valence-electron chi connectivity index (χ1n) is 6.60. The molecule has 86 valence electrons. The summed E-state index contributed by atoms with van der Waals surface area (Å²) in [5, 5.41) is 0. The quantitative estimate of drug-likeness (QED) is 0.568. The molecular weight excluding hydrogens is 168 g/mol. The molecule has 1 aliphatic carbocycles. The van der Waals surface area contributed by atoms with Crippen LogP contribution in [0.25, 0.3) is 0 Å². The molecule has 0 heteroatoms. The van der Waals surface area contributed by atoms with E-state index in [0.717, 1.165) is 11.3 Å². The van der Waals surface area contributed by atoms with Gasteiger partial charge in [-0.05, 0) is 30.6 Å². The third kappa shape index (κ3) is 5.02. The Kier molecular flexibility index (Phi) is 7.31. The van der Waals surface area contributed by atoms with Gasteiger partial charge in [0, 0.05) is 0 Å². The standard InChI is InChI=1S/C11H22.C3H8/c1-4-11(9-10(2)3)7-5-6-8-11;1-3-2/h10H,4-9H2,1-3H3;3H2,1-2H3. The highest BCUT2D eigenvalue weighted by atomic mass is 14.4. The maximum Gasteiger partial charge on any atom is -0.0298 e. The molecule has 1 fully saturated rings. The Balaban J connectivity index is 0.000000500. The van der Waals surface area contributed by atoms with Crippen LogP contribution in [-0.2, 0) is 0 Å². The monoisotopic (exact) mass is 198 g/mol. The van der Waals surface area contributed by atoms with Gasteiger partial charge < -0.3 is 0 Å². The molecule has 1 aliphatic rings. The summed E-state index contributed by atoms with van der Waals surface area (Å²) in [5.41, 5.74) is 0.758. The van der Waals surface area contributed by atoms with Gasteiger partial charge in [0.15, 0.2) is 0 Å². The Morgan fingerprint density at radius 3 is 1.71 bits per heavy atom. The molecule has 0 aromatic rings. The highest BCUT2D eigenvalue weighted by molar-refractivity contribution is 4.83. The zero-order valence-corrected chi connectivity index (χ0v) is 11.0. The Morgan fingerprint density at radius 1 is 1.00 bits per heavy atom. The number of hydrogen-bond donors (Lipinski definition) is 0. The Hall–Kier alpha value is 0. The molecule has 0 aliphatic heterocycles. The van der Waals surface area contributed by atoms with Gasteiger partial charge in [0.1, 0.15) is 0 Å². The van der Waals surface area contributed by atoms with E-state index in [2.05, 4.69) is 34.6 Å². The summed E-state index contributed by atoms with van der Waals surface area (Å²) in [6.07, 6.45) is 10.1. The molecule has 0 N–H and O–H groups in total. The molecule has 0 aromatic heterocycles.